The van der Waals surface area contributed by atoms with Gasteiger partial charge in [-0.15, -0.1) is 0 Å². The lowest BCUT2D eigenvalue weighted by Gasteiger charge is -2.36. The van der Waals surface area contributed by atoms with Gasteiger partial charge in [-0.3, -0.25) is 4.79 Å². The van der Waals surface area contributed by atoms with Crippen molar-refractivity contribution >= 4 is 44.6 Å². The minimum absolute atomic E-state index is 0.0254. The fourth-order valence-electron chi connectivity index (χ4n) is 2.94. The van der Waals surface area contributed by atoms with Crippen LogP contribution in [0.5, 0.6) is 0 Å². The minimum Gasteiger partial charge on any atom is -0.368 e. The van der Waals surface area contributed by atoms with Crippen molar-refractivity contribution in [2.24, 2.45) is 0 Å². The fourth-order valence-corrected chi connectivity index (χ4v) is 4.43. The molecule has 1 heterocycles. The lowest BCUT2D eigenvalue weighted by atomic mass is 10.1. The van der Waals surface area contributed by atoms with Crippen LogP contribution in [0.1, 0.15) is 10.4 Å². The van der Waals surface area contributed by atoms with Crippen molar-refractivity contribution < 1.29 is 13.2 Å². The zero-order valence-corrected chi connectivity index (χ0v) is 16.5. The van der Waals surface area contributed by atoms with Crippen LogP contribution in [0.15, 0.2) is 47.4 Å². The lowest BCUT2D eigenvalue weighted by molar-refractivity contribution is 0.0746. The molecule has 0 aliphatic carbocycles. The Balaban J connectivity index is 1.73. The maximum absolute atomic E-state index is 12.7. The number of rotatable bonds is 3. The Morgan fingerprint density at radius 1 is 1.00 bits per heavy atom. The van der Waals surface area contributed by atoms with Gasteiger partial charge in [-0.25, -0.2) is 8.42 Å². The van der Waals surface area contributed by atoms with E-state index in [0.717, 1.165) is 11.9 Å². The van der Waals surface area contributed by atoms with E-state index >= 15 is 0 Å². The van der Waals surface area contributed by atoms with E-state index in [-0.39, 0.29) is 15.8 Å². The van der Waals surface area contributed by atoms with Crippen molar-refractivity contribution in [1.82, 2.24) is 4.90 Å². The van der Waals surface area contributed by atoms with Crippen molar-refractivity contribution in [1.29, 1.82) is 0 Å². The van der Waals surface area contributed by atoms with Crippen LogP contribution < -0.4 is 4.90 Å². The number of carbonyl (C=O) groups is 1. The maximum Gasteiger partial charge on any atom is 0.254 e. The molecule has 0 unspecified atom stereocenters. The highest BCUT2D eigenvalue weighted by atomic mass is 35.5. The van der Waals surface area contributed by atoms with E-state index in [1.807, 2.05) is 24.3 Å². The van der Waals surface area contributed by atoms with E-state index in [0.29, 0.717) is 36.8 Å². The third-order valence-electron chi connectivity index (χ3n) is 4.32. The van der Waals surface area contributed by atoms with Crippen molar-refractivity contribution in [2.45, 2.75) is 4.90 Å². The summed E-state index contributed by atoms with van der Waals surface area (Å²) < 4.78 is 23.6. The normalized spacial score (nSPS) is 15.2. The van der Waals surface area contributed by atoms with E-state index in [2.05, 4.69) is 4.90 Å². The summed E-state index contributed by atoms with van der Waals surface area (Å²) >= 11 is 12.0. The second-order valence-corrected chi connectivity index (χ2v) is 9.00. The summed E-state index contributed by atoms with van der Waals surface area (Å²) in [4.78, 5) is 16.6. The van der Waals surface area contributed by atoms with Crippen molar-refractivity contribution in [3.63, 3.8) is 0 Å². The Bertz CT molecular complexity index is 939. The van der Waals surface area contributed by atoms with Gasteiger partial charge in [0, 0.05) is 48.7 Å². The van der Waals surface area contributed by atoms with Crippen LogP contribution in [0.2, 0.25) is 10.0 Å². The van der Waals surface area contributed by atoms with Gasteiger partial charge in [-0.2, -0.15) is 0 Å². The molecular weight excluding hydrogens is 395 g/mol. The Hall–Kier alpha value is -1.76. The van der Waals surface area contributed by atoms with Gasteiger partial charge in [0.25, 0.3) is 5.91 Å². The van der Waals surface area contributed by atoms with Crippen LogP contribution in [0.4, 0.5) is 5.69 Å². The van der Waals surface area contributed by atoms with Gasteiger partial charge in [0.2, 0.25) is 0 Å². The minimum atomic E-state index is -3.49. The van der Waals surface area contributed by atoms with Crippen LogP contribution in [0, 0.1) is 0 Å². The molecular formula is C18H18Cl2N2O3S. The highest BCUT2D eigenvalue weighted by Crippen LogP contribution is 2.24. The molecule has 1 aliphatic rings. The summed E-state index contributed by atoms with van der Waals surface area (Å²) in [6, 6.07) is 12.0. The summed E-state index contributed by atoms with van der Waals surface area (Å²) in [6.45, 7) is 2.45. The fraction of sp³-hybridized carbons (Fsp3) is 0.278. The first kappa shape index (κ1) is 19.0. The molecule has 1 saturated heterocycles. The molecule has 0 aromatic heterocycles. The molecule has 1 amide bonds. The number of halogens is 2. The summed E-state index contributed by atoms with van der Waals surface area (Å²) in [6.07, 6.45) is 1.08. The number of piperazine rings is 1. The van der Waals surface area contributed by atoms with Gasteiger partial charge in [0.1, 0.15) is 0 Å². The van der Waals surface area contributed by atoms with Gasteiger partial charge < -0.3 is 9.80 Å². The molecule has 0 N–H and O–H groups in total. The van der Waals surface area contributed by atoms with Gasteiger partial charge in [0.05, 0.1) is 9.92 Å². The topological polar surface area (TPSA) is 57.7 Å². The van der Waals surface area contributed by atoms with E-state index in [1.54, 1.807) is 11.0 Å². The zero-order valence-electron chi connectivity index (χ0n) is 14.2. The quantitative estimate of drug-likeness (QED) is 0.775. The Morgan fingerprint density at radius 3 is 2.31 bits per heavy atom. The molecule has 0 saturated carbocycles. The first-order valence-corrected chi connectivity index (χ1v) is 10.7. The molecule has 0 spiro atoms. The predicted octanol–water partition coefficient (Wildman–Crippen LogP) is 3.36. The molecule has 0 radical (unpaired) electrons. The molecule has 138 valence electrons. The molecule has 5 nitrogen and oxygen atoms in total. The summed E-state index contributed by atoms with van der Waals surface area (Å²) in [5.74, 6) is -0.197. The molecule has 1 aliphatic heterocycles. The van der Waals surface area contributed by atoms with Crippen molar-refractivity contribution in [3.8, 4) is 0 Å². The monoisotopic (exact) mass is 412 g/mol. The average Bonchev–Trinajstić information content (AvgIpc) is 2.61. The lowest BCUT2D eigenvalue weighted by Crippen LogP contribution is -2.48. The number of hydrogen-bond donors (Lipinski definition) is 0. The maximum atomic E-state index is 12.7. The van der Waals surface area contributed by atoms with Crippen molar-refractivity contribution in [2.75, 3.05) is 37.3 Å². The van der Waals surface area contributed by atoms with Crippen LogP contribution in [0.3, 0.4) is 0 Å². The number of nitrogens with zero attached hydrogens (tertiary/aromatic N) is 2. The molecule has 26 heavy (non-hydrogen) atoms. The van der Waals surface area contributed by atoms with E-state index < -0.39 is 9.84 Å². The molecule has 0 atom stereocenters. The second kappa shape index (κ2) is 7.47. The SMILES string of the molecule is CS(=O)(=O)c1cc(C(=O)N2CCN(c3cccc(Cl)c3)CC2)ccc1Cl. The van der Waals surface area contributed by atoms with Crippen LogP contribution in [-0.2, 0) is 9.84 Å². The number of benzene rings is 2. The summed E-state index contributed by atoms with van der Waals surface area (Å²) in [5, 5.41) is 0.797. The third kappa shape index (κ3) is 4.14. The highest BCUT2D eigenvalue weighted by molar-refractivity contribution is 7.90. The molecule has 2 aromatic carbocycles. The highest BCUT2D eigenvalue weighted by Gasteiger charge is 2.24. The van der Waals surface area contributed by atoms with Crippen molar-refractivity contribution in [3.05, 3.63) is 58.1 Å². The number of anilines is 1. The van der Waals surface area contributed by atoms with E-state index in [4.69, 9.17) is 23.2 Å². The number of amides is 1. The van der Waals surface area contributed by atoms with Crippen LogP contribution in [-0.4, -0.2) is 51.7 Å². The number of hydrogen-bond acceptors (Lipinski definition) is 4. The van der Waals surface area contributed by atoms with Gasteiger partial charge in [-0.1, -0.05) is 29.3 Å². The molecule has 1 fully saturated rings. The molecule has 0 bridgehead atoms. The Kier molecular flexibility index (Phi) is 5.46. The molecule has 8 heteroatoms. The first-order valence-electron chi connectivity index (χ1n) is 8.05. The average molecular weight is 413 g/mol. The van der Waals surface area contributed by atoms with E-state index in [9.17, 15) is 13.2 Å². The summed E-state index contributed by atoms with van der Waals surface area (Å²) in [5.41, 5.74) is 1.35. The van der Waals surface area contributed by atoms with E-state index in [1.165, 1.54) is 12.1 Å². The predicted molar refractivity (Wildman–Crippen MR) is 104 cm³/mol. The number of sulfone groups is 1. The Labute approximate surface area is 163 Å². The zero-order chi connectivity index (χ0) is 18.9. The van der Waals surface area contributed by atoms with Gasteiger partial charge in [-0.05, 0) is 36.4 Å². The molecule has 2 aromatic rings. The number of carbonyl (C=O) groups excluding carboxylic acids is 1. The smallest absolute Gasteiger partial charge is 0.254 e. The summed E-state index contributed by atoms with van der Waals surface area (Å²) in [7, 11) is -3.49. The second-order valence-electron chi connectivity index (χ2n) is 6.18. The molecule has 3 rings (SSSR count). The first-order chi connectivity index (χ1) is 12.3. The standard InChI is InChI=1S/C18H18Cl2N2O3S/c1-26(24,25)17-11-13(5-6-16(17)20)18(23)22-9-7-21(8-10-22)15-4-2-3-14(19)12-15/h2-6,11-12H,7-10H2,1H3. The largest absolute Gasteiger partial charge is 0.368 e. The Morgan fingerprint density at radius 2 is 1.69 bits per heavy atom. The van der Waals surface area contributed by atoms with Crippen LogP contribution in [0.25, 0.3) is 0 Å². The van der Waals surface area contributed by atoms with Gasteiger partial charge >= 0.3 is 0 Å². The van der Waals surface area contributed by atoms with Gasteiger partial charge in [0.15, 0.2) is 9.84 Å². The van der Waals surface area contributed by atoms with Crippen LogP contribution >= 0.6 is 23.2 Å². The third-order valence-corrected chi connectivity index (χ3v) is 6.13.